The van der Waals surface area contributed by atoms with Gasteiger partial charge in [-0.25, -0.2) is 0 Å². The predicted molar refractivity (Wildman–Crippen MR) is 44.2 cm³/mol. The summed E-state index contributed by atoms with van der Waals surface area (Å²) in [6, 6.07) is 0. The van der Waals surface area contributed by atoms with Gasteiger partial charge in [-0.15, -0.1) is 0 Å². The Hall–Kier alpha value is 3.56. The van der Waals surface area contributed by atoms with Crippen LogP contribution in [0.15, 0.2) is 0 Å². The van der Waals surface area contributed by atoms with Gasteiger partial charge in [0.25, 0.3) is 0 Å². The van der Waals surface area contributed by atoms with E-state index in [2.05, 4.69) is 0 Å². The van der Waals surface area contributed by atoms with E-state index in [4.69, 9.17) is 0 Å². The van der Waals surface area contributed by atoms with Crippen LogP contribution in [0.4, 0.5) is 0 Å². The molecule has 0 atom stereocenters. The summed E-state index contributed by atoms with van der Waals surface area (Å²) in [6.45, 7) is 0. The van der Waals surface area contributed by atoms with Gasteiger partial charge in [0, 0.05) is 0 Å². The van der Waals surface area contributed by atoms with Crippen molar-refractivity contribution in [1.29, 1.82) is 0 Å². The minimum Gasteiger partial charge on any atom is -1.00 e. The molecule has 0 saturated carbocycles. The van der Waals surface area contributed by atoms with Gasteiger partial charge in [-0.2, -0.15) is 0 Å². The molecule has 96 valence electrons. The second-order valence-corrected chi connectivity index (χ2v) is 0. The molecule has 0 aromatic rings. The van der Waals surface area contributed by atoms with E-state index >= 15 is 0 Å². The van der Waals surface area contributed by atoms with Crippen molar-refractivity contribution in [3.63, 3.8) is 0 Å². The largest absolute Gasteiger partial charge is 1.00 e. The number of hydrogen-bond donors (Lipinski definition) is 0. The number of rotatable bonds is 0. The van der Waals surface area contributed by atoms with Crippen molar-refractivity contribution >= 4 is 0 Å². The molecular weight excluding hydrogens is 268 g/mol. The van der Waals surface area contributed by atoms with E-state index in [-0.39, 0.29) is 184 Å². The van der Waals surface area contributed by atoms with Crippen molar-refractivity contribution in [3.8, 4) is 0 Å². The van der Waals surface area contributed by atoms with E-state index in [1.54, 1.807) is 0 Å². The van der Waals surface area contributed by atoms with Gasteiger partial charge in [0.2, 0.25) is 0 Å². The Labute approximate surface area is 181 Å². The monoisotopic (exact) mass is 294 g/mol. The van der Waals surface area contributed by atoms with E-state index in [1.807, 2.05) is 0 Å². The fourth-order valence-corrected chi connectivity index (χ4v) is 0. The van der Waals surface area contributed by atoms with Crippen LogP contribution in [-0.2, 0) is 0 Å². The fraction of sp³-hybridized carbons (Fsp3) is 0. The van der Waals surface area contributed by atoms with Gasteiger partial charge >= 0.3 is 118 Å². The minimum atomic E-state index is 0. The normalized spacial score (nSPS) is 0. The van der Waals surface area contributed by atoms with E-state index < -0.39 is 0 Å². The first kappa shape index (κ1) is 452. The third kappa shape index (κ3) is 335. The van der Waals surface area contributed by atoms with Gasteiger partial charge in [-0.1, -0.05) is 0 Å². The summed E-state index contributed by atoms with van der Waals surface area (Å²) in [5.74, 6) is 0. The van der Waals surface area contributed by atoms with Crippen molar-refractivity contribution in [1.82, 2.24) is 0 Å². The summed E-state index contributed by atoms with van der Waals surface area (Å²) in [7, 11) is 0. The molecule has 0 unspecified atom stereocenters. The molecule has 0 heterocycles. The quantitative estimate of drug-likeness (QED) is 0.375. The Bertz CT molecular complexity index is 26.7. The summed E-state index contributed by atoms with van der Waals surface area (Å²) in [5, 5.41) is 0. The Kier molecular flexibility index (Phi) is 11400. The van der Waals surface area contributed by atoms with Gasteiger partial charge in [0.1, 0.15) is 0 Å². The molecule has 0 aliphatic heterocycles. The summed E-state index contributed by atoms with van der Waals surface area (Å²) in [6.07, 6.45) is 0. The molecular formula is H26Na4O11. The van der Waals surface area contributed by atoms with Crippen molar-refractivity contribution in [2.45, 2.75) is 0 Å². The van der Waals surface area contributed by atoms with Crippen LogP contribution in [0, 0.1) is 0 Å². The summed E-state index contributed by atoms with van der Waals surface area (Å²) in [5.41, 5.74) is 0. The van der Waals surface area contributed by atoms with E-state index in [9.17, 15) is 0 Å². The van der Waals surface area contributed by atoms with Crippen molar-refractivity contribution in [3.05, 3.63) is 0 Å². The third-order valence-electron chi connectivity index (χ3n) is 0. The summed E-state index contributed by atoms with van der Waals surface area (Å²) < 4.78 is 0. The van der Waals surface area contributed by atoms with Crippen LogP contribution in [0.5, 0.6) is 0 Å². The molecule has 0 aliphatic carbocycles. The zero-order chi connectivity index (χ0) is 0. The van der Waals surface area contributed by atoms with Gasteiger partial charge in [0.05, 0.1) is 0 Å². The zero-order valence-corrected chi connectivity index (χ0v) is 17.5. The van der Waals surface area contributed by atoms with Crippen LogP contribution in [0.3, 0.4) is 0 Å². The summed E-state index contributed by atoms with van der Waals surface area (Å²) >= 11 is 0. The molecule has 0 radical (unpaired) electrons. The Morgan fingerprint density at radius 3 is 0.200 bits per heavy atom. The molecule has 22 N–H and O–H groups in total. The zero-order valence-electron chi connectivity index (χ0n) is 13.5. The Morgan fingerprint density at radius 2 is 0.200 bits per heavy atom. The first-order valence-corrected chi connectivity index (χ1v) is 0. The van der Waals surface area contributed by atoms with Gasteiger partial charge in [-0.05, 0) is 0 Å². The third-order valence-corrected chi connectivity index (χ3v) is 0. The molecule has 0 bridgehead atoms. The van der Waals surface area contributed by atoms with Crippen molar-refractivity contribution in [2.24, 2.45) is 0 Å². The molecule has 0 amide bonds. The average molecular weight is 294 g/mol. The molecule has 0 spiro atoms. The molecule has 0 aromatic heterocycles. The first-order chi connectivity index (χ1) is 0. The molecule has 0 rings (SSSR count). The van der Waals surface area contributed by atoms with Gasteiger partial charge < -0.3 is 65.9 Å². The molecule has 0 fully saturated rings. The Balaban J connectivity index is 0. The second kappa shape index (κ2) is 380. The van der Waals surface area contributed by atoms with Crippen molar-refractivity contribution < 1.29 is 184 Å². The average Bonchev–Trinajstić information content (AvgIpc) is 0. The maximum Gasteiger partial charge on any atom is 1.00 e. The van der Waals surface area contributed by atoms with Crippen LogP contribution in [-0.4, -0.2) is 60.2 Å². The SMILES string of the molecule is O.O.O.O.O.O.O.O.O.O.O.[H-].[H-].[H-].[H-].[Na+].[Na+].[Na+].[Na+]. The van der Waals surface area contributed by atoms with Gasteiger partial charge in [0.15, 0.2) is 0 Å². The van der Waals surface area contributed by atoms with Crippen LogP contribution in [0.1, 0.15) is 5.71 Å². The van der Waals surface area contributed by atoms with Gasteiger partial charge in [-0.3, -0.25) is 0 Å². The first-order valence-electron chi connectivity index (χ1n) is 0. The van der Waals surface area contributed by atoms with Crippen LogP contribution < -0.4 is 118 Å². The summed E-state index contributed by atoms with van der Waals surface area (Å²) in [4.78, 5) is 0. The van der Waals surface area contributed by atoms with Crippen molar-refractivity contribution in [2.75, 3.05) is 0 Å². The van der Waals surface area contributed by atoms with Crippen LogP contribution in [0.25, 0.3) is 0 Å². The van der Waals surface area contributed by atoms with E-state index in [0.29, 0.717) is 0 Å². The maximum atomic E-state index is 0. The second-order valence-electron chi connectivity index (χ2n) is 0. The maximum absolute atomic E-state index is 0. The van der Waals surface area contributed by atoms with E-state index in [1.165, 1.54) is 0 Å². The molecule has 11 nitrogen and oxygen atoms in total. The predicted octanol–water partition coefficient (Wildman–Crippen LogP) is -20.6. The Morgan fingerprint density at radius 1 is 0.200 bits per heavy atom. The van der Waals surface area contributed by atoms with Crippen LogP contribution in [0.2, 0.25) is 0 Å². The molecule has 0 saturated heterocycles. The smallest absolute Gasteiger partial charge is 1.00 e. The molecule has 15 heteroatoms. The minimum absolute atomic E-state index is 0. The van der Waals surface area contributed by atoms with Crippen LogP contribution >= 0.6 is 0 Å². The standard InChI is InChI=1S/4Na.11H2O.4H/h;;;;11*1H2;;;;/q4*+1;;;;;;;;;;;;4*-1. The topological polar surface area (TPSA) is 346 Å². The molecule has 0 aliphatic rings. The molecule has 15 heavy (non-hydrogen) atoms. The van der Waals surface area contributed by atoms with E-state index in [0.717, 1.165) is 0 Å². The fourth-order valence-electron chi connectivity index (χ4n) is 0. The number of hydrogen-bond acceptors (Lipinski definition) is 0. The molecule has 0 aromatic carbocycles.